The average molecular weight is 248 g/mol. The van der Waals surface area contributed by atoms with E-state index in [4.69, 9.17) is 0 Å². The molecule has 4 heteroatoms. The number of benzene rings is 1. The fourth-order valence-electron chi connectivity index (χ4n) is 2.28. The Morgan fingerprint density at radius 2 is 2.17 bits per heavy atom. The molecule has 4 nitrogen and oxygen atoms in total. The predicted octanol–water partition coefficient (Wildman–Crippen LogP) is 1.51. The van der Waals surface area contributed by atoms with Crippen LogP contribution in [0.4, 0.5) is 0 Å². The van der Waals surface area contributed by atoms with E-state index in [1.54, 1.807) is 12.1 Å². The van der Waals surface area contributed by atoms with Gasteiger partial charge in [-0.3, -0.25) is 4.79 Å². The Morgan fingerprint density at radius 3 is 2.78 bits per heavy atom. The van der Waals surface area contributed by atoms with Gasteiger partial charge >= 0.3 is 0 Å². The first-order valence-electron chi connectivity index (χ1n) is 6.37. The molecule has 1 aliphatic heterocycles. The highest BCUT2D eigenvalue weighted by molar-refractivity contribution is 5.94. The van der Waals surface area contributed by atoms with Crippen molar-refractivity contribution in [3.05, 3.63) is 29.8 Å². The topological polar surface area (TPSA) is 61.4 Å². The number of carbonyl (C=O) groups excluding carboxylic acids is 1. The molecule has 0 aromatic heterocycles. The quantitative estimate of drug-likeness (QED) is 0.760. The predicted molar refractivity (Wildman–Crippen MR) is 70.7 cm³/mol. The highest BCUT2D eigenvalue weighted by Gasteiger charge is 2.27. The maximum atomic E-state index is 11.9. The molecule has 0 spiro atoms. The van der Waals surface area contributed by atoms with Gasteiger partial charge in [0.1, 0.15) is 5.75 Å². The molecule has 98 valence electrons. The van der Waals surface area contributed by atoms with Gasteiger partial charge in [-0.15, -0.1) is 0 Å². The molecule has 3 N–H and O–H groups in total. The summed E-state index contributed by atoms with van der Waals surface area (Å²) in [6, 6.07) is 6.32. The summed E-state index contributed by atoms with van der Waals surface area (Å²) in [5.74, 6) is 0.0943. The van der Waals surface area contributed by atoms with Crippen molar-refractivity contribution in [1.82, 2.24) is 10.6 Å². The number of piperidine rings is 1. The van der Waals surface area contributed by atoms with Crippen molar-refractivity contribution in [3.63, 3.8) is 0 Å². The van der Waals surface area contributed by atoms with E-state index in [1.165, 1.54) is 12.1 Å². The third kappa shape index (κ3) is 3.23. The second-order valence-corrected chi connectivity index (χ2v) is 5.32. The smallest absolute Gasteiger partial charge is 0.251 e. The lowest BCUT2D eigenvalue weighted by Gasteiger charge is -2.34. The van der Waals surface area contributed by atoms with Crippen LogP contribution in [-0.4, -0.2) is 30.6 Å². The molecular weight excluding hydrogens is 228 g/mol. The van der Waals surface area contributed by atoms with Crippen LogP contribution in [0, 0.1) is 5.41 Å². The monoisotopic (exact) mass is 248 g/mol. The molecule has 1 aliphatic rings. The zero-order valence-electron chi connectivity index (χ0n) is 10.7. The molecule has 18 heavy (non-hydrogen) atoms. The largest absolute Gasteiger partial charge is 0.508 e. The van der Waals surface area contributed by atoms with E-state index in [-0.39, 0.29) is 17.1 Å². The Bertz CT molecular complexity index is 408. The average Bonchev–Trinajstić information content (AvgIpc) is 2.38. The minimum atomic E-state index is -0.0817. The zero-order chi connectivity index (χ0) is 13.0. The number of phenolic OH excluding ortho intramolecular Hbond substituents is 1. The second-order valence-electron chi connectivity index (χ2n) is 5.32. The van der Waals surface area contributed by atoms with Crippen molar-refractivity contribution in [3.8, 4) is 5.75 Å². The van der Waals surface area contributed by atoms with E-state index in [2.05, 4.69) is 17.6 Å². The van der Waals surface area contributed by atoms with Crippen LogP contribution in [0.3, 0.4) is 0 Å². The molecule has 1 heterocycles. The molecule has 0 saturated carbocycles. The number of hydrogen-bond acceptors (Lipinski definition) is 3. The summed E-state index contributed by atoms with van der Waals surface area (Å²) in [6.45, 7) is 4.89. The Hall–Kier alpha value is -1.55. The van der Waals surface area contributed by atoms with Crippen LogP contribution < -0.4 is 10.6 Å². The molecule has 1 unspecified atom stereocenters. The Labute approximate surface area is 107 Å². The summed E-state index contributed by atoms with van der Waals surface area (Å²) in [6.07, 6.45) is 2.29. The minimum absolute atomic E-state index is 0.0817. The van der Waals surface area contributed by atoms with Gasteiger partial charge in [-0.2, -0.15) is 0 Å². The normalized spacial score (nSPS) is 23.6. The van der Waals surface area contributed by atoms with Gasteiger partial charge in [0.05, 0.1) is 0 Å². The molecule has 1 fully saturated rings. The van der Waals surface area contributed by atoms with Gasteiger partial charge in [-0.25, -0.2) is 0 Å². The lowest BCUT2D eigenvalue weighted by atomic mass is 9.83. The highest BCUT2D eigenvalue weighted by Crippen LogP contribution is 2.24. The van der Waals surface area contributed by atoms with E-state index in [9.17, 15) is 9.90 Å². The minimum Gasteiger partial charge on any atom is -0.508 e. The third-order valence-corrected chi connectivity index (χ3v) is 3.49. The number of aromatic hydroxyl groups is 1. The summed E-state index contributed by atoms with van der Waals surface area (Å²) in [7, 11) is 0. The lowest BCUT2D eigenvalue weighted by Crippen LogP contribution is -2.45. The Balaban J connectivity index is 1.89. The van der Waals surface area contributed by atoms with Crippen LogP contribution >= 0.6 is 0 Å². The standard InChI is InChI=1S/C14H20N2O2/c1-14(7-2-8-15-9-14)10-16-13(18)11-3-5-12(17)6-4-11/h3-6,15,17H,2,7-10H2,1H3,(H,16,18). The van der Waals surface area contributed by atoms with Crippen LogP contribution in [0.1, 0.15) is 30.1 Å². The number of rotatable bonds is 3. The number of hydrogen-bond donors (Lipinski definition) is 3. The van der Waals surface area contributed by atoms with Crippen molar-refractivity contribution in [1.29, 1.82) is 0 Å². The van der Waals surface area contributed by atoms with Crippen molar-refractivity contribution in [2.45, 2.75) is 19.8 Å². The fourth-order valence-corrected chi connectivity index (χ4v) is 2.28. The Morgan fingerprint density at radius 1 is 1.44 bits per heavy atom. The van der Waals surface area contributed by atoms with E-state index in [1.807, 2.05) is 0 Å². The zero-order valence-corrected chi connectivity index (χ0v) is 10.7. The molecule has 1 atom stereocenters. The molecule has 1 saturated heterocycles. The van der Waals surface area contributed by atoms with Crippen molar-refractivity contribution in [2.24, 2.45) is 5.41 Å². The summed E-state index contributed by atoms with van der Waals surface area (Å²) >= 11 is 0. The van der Waals surface area contributed by atoms with Crippen LogP contribution in [0.2, 0.25) is 0 Å². The third-order valence-electron chi connectivity index (χ3n) is 3.49. The van der Waals surface area contributed by atoms with Gasteiger partial charge < -0.3 is 15.7 Å². The van der Waals surface area contributed by atoms with Crippen molar-refractivity contribution in [2.75, 3.05) is 19.6 Å². The van der Waals surface area contributed by atoms with E-state index in [0.29, 0.717) is 12.1 Å². The fraction of sp³-hybridized carbons (Fsp3) is 0.500. The van der Waals surface area contributed by atoms with Crippen LogP contribution in [0.25, 0.3) is 0 Å². The van der Waals surface area contributed by atoms with Crippen molar-refractivity contribution >= 4 is 5.91 Å². The lowest BCUT2D eigenvalue weighted by molar-refractivity contribution is 0.0924. The maximum Gasteiger partial charge on any atom is 0.251 e. The number of amides is 1. The molecule has 0 bridgehead atoms. The maximum absolute atomic E-state index is 11.9. The second kappa shape index (κ2) is 5.40. The molecule has 1 aromatic rings. The van der Waals surface area contributed by atoms with Gasteiger partial charge in [-0.1, -0.05) is 6.92 Å². The first-order valence-corrected chi connectivity index (χ1v) is 6.37. The van der Waals surface area contributed by atoms with Crippen LogP contribution in [0.15, 0.2) is 24.3 Å². The summed E-state index contributed by atoms with van der Waals surface area (Å²) in [5, 5.41) is 15.5. The number of carbonyl (C=O) groups is 1. The first kappa shape index (κ1) is 12.9. The molecule has 0 aliphatic carbocycles. The SMILES string of the molecule is CC1(CNC(=O)c2ccc(O)cc2)CCCNC1. The summed E-state index contributed by atoms with van der Waals surface area (Å²) in [5.41, 5.74) is 0.727. The van der Waals surface area contributed by atoms with Gasteiger partial charge in [-0.05, 0) is 49.1 Å². The summed E-state index contributed by atoms with van der Waals surface area (Å²) in [4.78, 5) is 11.9. The van der Waals surface area contributed by atoms with Gasteiger partial charge in [0.25, 0.3) is 5.91 Å². The van der Waals surface area contributed by atoms with Crippen LogP contribution in [-0.2, 0) is 0 Å². The molecule has 1 aromatic carbocycles. The van der Waals surface area contributed by atoms with Gasteiger partial charge in [0, 0.05) is 18.7 Å². The van der Waals surface area contributed by atoms with Crippen molar-refractivity contribution < 1.29 is 9.90 Å². The molecule has 0 radical (unpaired) electrons. The Kier molecular flexibility index (Phi) is 3.87. The van der Waals surface area contributed by atoms with Gasteiger partial charge in [0.15, 0.2) is 0 Å². The van der Waals surface area contributed by atoms with Gasteiger partial charge in [0.2, 0.25) is 0 Å². The van der Waals surface area contributed by atoms with Crippen LogP contribution in [0.5, 0.6) is 5.75 Å². The molecular formula is C14H20N2O2. The summed E-state index contributed by atoms with van der Waals surface area (Å²) < 4.78 is 0. The first-order chi connectivity index (χ1) is 8.59. The van der Waals surface area contributed by atoms with E-state index < -0.39 is 0 Å². The number of nitrogens with one attached hydrogen (secondary N) is 2. The number of phenols is 1. The molecule has 1 amide bonds. The highest BCUT2D eigenvalue weighted by atomic mass is 16.3. The van der Waals surface area contributed by atoms with E-state index in [0.717, 1.165) is 25.9 Å². The molecule has 2 rings (SSSR count). The van der Waals surface area contributed by atoms with E-state index >= 15 is 0 Å².